The Kier molecular flexibility index (Phi) is 5.43. The van der Waals surface area contributed by atoms with Crippen molar-refractivity contribution in [1.29, 1.82) is 0 Å². The van der Waals surface area contributed by atoms with Crippen molar-refractivity contribution in [3.63, 3.8) is 0 Å². The lowest BCUT2D eigenvalue weighted by Gasteiger charge is -2.14. The van der Waals surface area contributed by atoms with Gasteiger partial charge < -0.3 is 10.5 Å². The van der Waals surface area contributed by atoms with Crippen LogP contribution in [0.2, 0.25) is 0 Å². The van der Waals surface area contributed by atoms with Crippen LogP contribution in [0.3, 0.4) is 0 Å². The lowest BCUT2D eigenvalue weighted by atomic mass is 10.0. The van der Waals surface area contributed by atoms with Crippen LogP contribution in [0.5, 0.6) is 11.5 Å². The molecule has 0 amide bonds. The molecule has 0 saturated heterocycles. The van der Waals surface area contributed by atoms with E-state index in [1.807, 2.05) is 19.1 Å². The molecule has 0 saturated carbocycles. The lowest BCUT2D eigenvalue weighted by molar-refractivity contribution is 0.474. The minimum Gasteiger partial charge on any atom is -0.457 e. The van der Waals surface area contributed by atoms with E-state index >= 15 is 0 Å². The second kappa shape index (κ2) is 7.10. The summed E-state index contributed by atoms with van der Waals surface area (Å²) in [6, 6.07) is 12.6. The standard InChI is InChI=1S/C18H22BrNO/c1-4-16(20)10-14-6-5-12(2)18(11-14)21-17-8-7-15(19)9-13(17)3/h5-9,11,16H,4,10,20H2,1-3H3. The highest BCUT2D eigenvalue weighted by atomic mass is 79.9. The van der Waals surface area contributed by atoms with Gasteiger partial charge in [0.15, 0.2) is 0 Å². The molecule has 0 aliphatic heterocycles. The van der Waals surface area contributed by atoms with Gasteiger partial charge in [-0.15, -0.1) is 0 Å². The zero-order valence-corrected chi connectivity index (χ0v) is 14.4. The van der Waals surface area contributed by atoms with Crippen molar-refractivity contribution in [2.24, 2.45) is 5.73 Å². The van der Waals surface area contributed by atoms with E-state index < -0.39 is 0 Å². The molecule has 0 bridgehead atoms. The molecule has 2 aromatic rings. The summed E-state index contributed by atoms with van der Waals surface area (Å²) >= 11 is 3.47. The number of rotatable bonds is 5. The van der Waals surface area contributed by atoms with Crippen molar-refractivity contribution in [3.8, 4) is 11.5 Å². The zero-order valence-electron chi connectivity index (χ0n) is 12.8. The predicted octanol–water partition coefficient (Wildman–Crippen LogP) is 5.14. The first-order valence-corrected chi connectivity index (χ1v) is 8.08. The molecule has 112 valence electrons. The van der Waals surface area contributed by atoms with E-state index in [1.165, 1.54) is 5.56 Å². The predicted molar refractivity (Wildman–Crippen MR) is 92.1 cm³/mol. The summed E-state index contributed by atoms with van der Waals surface area (Å²) < 4.78 is 7.15. The second-order valence-corrected chi connectivity index (χ2v) is 6.40. The van der Waals surface area contributed by atoms with Gasteiger partial charge in [0, 0.05) is 10.5 Å². The molecule has 0 aliphatic rings. The van der Waals surface area contributed by atoms with Crippen molar-refractivity contribution >= 4 is 15.9 Å². The van der Waals surface area contributed by atoms with Crippen LogP contribution in [-0.2, 0) is 6.42 Å². The van der Waals surface area contributed by atoms with Crippen molar-refractivity contribution in [2.45, 2.75) is 39.7 Å². The molecule has 2 nitrogen and oxygen atoms in total. The Morgan fingerprint density at radius 3 is 2.48 bits per heavy atom. The number of halogens is 1. The highest BCUT2D eigenvalue weighted by Gasteiger charge is 2.08. The number of hydrogen-bond acceptors (Lipinski definition) is 2. The maximum absolute atomic E-state index is 6.09. The number of aryl methyl sites for hydroxylation is 2. The summed E-state index contributed by atoms with van der Waals surface area (Å²) in [5, 5.41) is 0. The number of hydrogen-bond donors (Lipinski definition) is 1. The molecule has 0 fully saturated rings. The lowest BCUT2D eigenvalue weighted by Crippen LogP contribution is -2.21. The maximum Gasteiger partial charge on any atom is 0.130 e. The van der Waals surface area contributed by atoms with Gasteiger partial charge in [-0.05, 0) is 67.6 Å². The first kappa shape index (κ1) is 16.1. The Bertz CT molecular complexity index is 625. The van der Waals surface area contributed by atoms with Gasteiger partial charge >= 0.3 is 0 Å². The molecule has 0 aromatic heterocycles. The first-order chi connectivity index (χ1) is 9.99. The minimum atomic E-state index is 0.204. The third-order valence-electron chi connectivity index (χ3n) is 3.63. The van der Waals surface area contributed by atoms with Crippen molar-refractivity contribution in [1.82, 2.24) is 0 Å². The summed E-state index contributed by atoms with van der Waals surface area (Å²) in [7, 11) is 0. The van der Waals surface area contributed by atoms with Crippen LogP contribution >= 0.6 is 15.9 Å². The van der Waals surface area contributed by atoms with Gasteiger partial charge in [-0.2, -0.15) is 0 Å². The van der Waals surface area contributed by atoms with E-state index in [2.05, 4.69) is 54.0 Å². The van der Waals surface area contributed by atoms with Gasteiger partial charge in [0.2, 0.25) is 0 Å². The summed E-state index contributed by atoms with van der Waals surface area (Å²) in [6.07, 6.45) is 1.86. The quantitative estimate of drug-likeness (QED) is 0.812. The highest BCUT2D eigenvalue weighted by Crippen LogP contribution is 2.30. The molecule has 2 rings (SSSR count). The van der Waals surface area contributed by atoms with E-state index in [-0.39, 0.29) is 6.04 Å². The van der Waals surface area contributed by atoms with Gasteiger partial charge in [-0.3, -0.25) is 0 Å². The minimum absolute atomic E-state index is 0.204. The molecule has 0 radical (unpaired) electrons. The van der Waals surface area contributed by atoms with Gasteiger partial charge in [-0.25, -0.2) is 0 Å². The molecule has 0 heterocycles. The van der Waals surface area contributed by atoms with Crippen LogP contribution in [0.4, 0.5) is 0 Å². The van der Waals surface area contributed by atoms with Gasteiger partial charge in [0.05, 0.1) is 0 Å². The normalized spacial score (nSPS) is 12.2. The van der Waals surface area contributed by atoms with E-state index in [4.69, 9.17) is 10.5 Å². The highest BCUT2D eigenvalue weighted by molar-refractivity contribution is 9.10. The van der Waals surface area contributed by atoms with Crippen LogP contribution in [0, 0.1) is 13.8 Å². The summed E-state index contributed by atoms with van der Waals surface area (Å²) in [4.78, 5) is 0. The Balaban J connectivity index is 2.24. The average molecular weight is 348 g/mol. The third-order valence-corrected chi connectivity index (χ3v) is 4.12. The van der Waals surface area contributed by atoms with Crippen molar-refractivity contribution in [3.05, 3.63) is 57.6 Å². The number of benzene rings is 2. The van der Waals surface area contributed by atoms with Gasteiger partial charge in [-0.1, -0.05) is 35.0 Å². The van der Waals surface area contributed by atoms with Gasteiger partial charge in [0.1, 0.15) is 11.5 Å². The fourth-order valence-corrected chi connectivity index (χ4v) is 2.65. The average Bonchev–Trinajstić information content (AvgIpc) is 2.45. The Hall–Kier alpha value is -1.32. The fourth-order valence-electron chi connectivity index (χ4n) is 2.17. The fraction of sp³-hybridized carbons (Fsp3) is 0.333. The van der Waals surface area contributed by atoms with Crippen LogP contribution in [0.15, 0.2) is 40.9 Å². The van der Waals surface area contributed by atoms with E-state index in [0.29, 0.717) is 0 Å². The van der Waals surface area contributed by atoms with Crippen LogP contribution in [-0.4, -0.2) is 6.04 Å². The molecule has 1 unspecified atom stereocenters. The topological polar surface area (TPSA) is 35.2 Å². The molecule has 3 heteroatoms. The molecule has 0 aliphatic carbocycles. The SMILES string of the molecule is CCC(N)Cc1ccc(C)c(Oc2ccc(Br)cc2C)c1. The molecule has 2 aromatic carbocycles. The van der Waals surface area contributed by atoms with Gasteiger partial charge in [0.25, 0.3) is 0 Å². The monoisotopic (exact) mass is 347 g/mol. The zero-order chi connectivity index (χ0) is 15.4. The first-order valence-electron chi connectivity index (χ1n) is 7.28. The third kappa shape index (κ3) is 4.32. The van der Waals surface area contributed by atoms with E-state index in [0.717, 1.165) is 39.9 Å². The van der Waals surface area contributed by atoms with Crippen molar-refractivity contribution < 1.29 is 4.74 Å². The summed E-state index contributed by atoms with van der Waals surface area (Å²) in [6.45, 7) is 6.22. The molecule has 21 heavy (non-hydrogen) atoms. The van der Waals surface area contributed by atoms with E-state index in [9.17, 15) is 0 Å². The maximum atomic E-state index is 6.09. The second-order valence-electron chi connectivity index (χ2n) is 5.48. The molecule has 0 spiro atoms. The van der Waals surface area contributed by atoms with Crippen LogP contribution < -0.4 is 10.5 Å². The number of ether oxygens (including phenoxy) is 1. The summed E-state index contributed by atoms with van der Waals surface area (Å²) in [5.41, 5.74) is 9.50. The Labute approximate surface area is 135 Å². The van der Waals surface area contributed by atoms with Crippen LogP contribution in [0.25, 0.3) is 0 Å². The number of nitrogens with two attached hydrogens (primary N) is 1. The molecular weight excluding hydrogens is 326 g/mol. The smallest absolute Gasteiger partial charge is 0.130 e. The molecule has 1 atom stereocenters. The van der Waals surface area contributed by atoms with E-state index in [1.54, 1.807) is 0 Å². The Morgan fingerprint density at radius 2 is 1.81 bits per heavy atom. The van der Waals surface area contributed by atoms with Crippen molar-refractivity contribution in [2.75, 3.05) is 0 Å². The largest absolute Gasteiger partial charge is 0.457 e. The Morgan fingerprint density at radius 1 is 1.05 bits per heavy atom. The van der Waals surface area contributed by atoms with Crippen LogP contribution in [0.1, 0.15) is 30.0 Å². The molecule has 2 N–H and O–H groups in total. The summed E-state index contributed by atoms with van der Waals surface area (Å²) in [5.74, 6) is 1.79. The molecular formula is C18H22BrNO.